The largest absolute Gasteiger partial charge is 0.573 e. The van der Waals surface area contributed by atoms with Gasteiger partial charge in [0.05, 0.1) is 0 Å². The summed E-state index contributed by atoms with van der Waals surface area (Å²) in [4.78, 5) is 2.36. The van der Waals surface area contributed by atoms with Gasteiger partial charge in [-0.2, -0.15) is 0 Å². The van der Waals surface area contributed by atoms with Crippen molar-refractivity contribution in [1.82, 2.24) is 10.2 Å². The number of rotatable bonds is 5. The molecule has 6 heteroatoms. The molecule has 1 N–H and O–H groups in total. The number of hydrogen-bond acceptors (Lipinski definition) is 3. The number of likely N-dealkylation sites (N-methyl/N-ethyl adjacent to an activating group) is 1. The smallest absolute Gasteiger partial charge is 0.406 e. The summed E-state index contributed by atoms with van der Waals surface area (Å²) in [5.41, 5.74) is 0.947. The number of hydrogen-bond donors (Lipinski definition) is 1. The molecule has 1 fully saturated rings. The summed E-state index contributed by atoms with van der Waals surface area (Å²) in [7, 11) is 2.13. The van der Waals surface area contributed by atoms with Crippen LogP contribution in [0.5, 0.6) is 5.75 Å². The average molecular weight is 302 g/mol. The van der Waals surface area contributed by atoms with E-state index in [2.05, 4.69) is 22.0 Å². The minimum absolute atomic E-state index is 0.182. The molecular weight excluding hydrogens is 281 g/mol. The van der Waals surface area contributed by atoms with Crippen LogP contribution in [0, 0.1) is 0 Å². The predicted octanol–water partition coefficient (Wildman–Crippen LogP) is 3.16. The standard InChI is InChI=1S/C15H21F3N2O/c1-20-9-3-2-4-13(20)11-19-10-12-5-7-14(8-6-12)21-15(16,17)18/h5-8,13,19H,2-4,9-11H2,1H3. The molecule has 1 aliphatic rings. The molecule has 0 amide bonds. The highest BCUT2D eigenvalue weighted by Crippen LogP contribution is 2.22. The Morgan fingerprint density at radius 1 is 1.24 bits per heavy atom. The van der Waals surface area contributed by atoms with E-state index >= 15 is 0 Å². The molecule has 1 aromatic carbocycles. The first-order chi connectivity index (χ1) is 9.94. The minimum atomic E-state index is -4.63. The van der Waals surface area contributed by atoms with E-state index in [1.165, 1.54) is 31.4 Å². The summed E-state index contributed by atoms with van der Waals surface area (Å²) in [5.74, 6) is -0.182. The Kier molecular flexibility index (Phi) is 5.47. The Balaban J connectivity index is 1.76. The van der Waals surface area contributed by atoms with Crippen LogP contribution in [0.25, 0.3) is 0 Å². The second kappa shape index (κ2) is 7.13. The molecule has 1 saturated heterocycles. The summed E-state index contributed by atoms with van der Waals surface area (Å²) in [5, 5.41) is 3.36. The molecule has 1 atom stereocenters. The zero-order valence-electron chi connectivity index (χ0n) is 12.1. The molecule has 0 aromatic heterocycles. The first kappa shape index (κ1) is 16.1. The van der Waals surface area contributed by atoms with E-state index < -0.39 is 6.36 Å². The molecule has 21 heavy (non-hydrogen) atoms. The molecular formula is C15H21F3N2O. The van der Waals surface area contributed by atoms with Crippen molar-refractivity contribution < 1.29 is 17.9 Å². The maximum atomic E-state index is 12.0. The predicted molar refractivity (Wildman–Crippen MR) is 75.1 cm³/mol. The lowest BCUT2D eigenvalue weighted by Crippen LogP contribution is -2.42. The lowest BCUT2D eigenvalue weighted by Gasteiger charge is -2.32. The van der Waals surface area contributed by atoms with Crippen molar-refractivity contribution in [2.24, 2.45) is 0 Å². The molecule has 0 saturated carbocycles. The van der Waals surface area contributed by atoms with Crippen molar-refractivity contribution in [3.8, 4) is 5.75 Å². The Hall–Kier alpha value is -1.27. The van der Waals surface area contributed by atoms with E-state index in [9.17, 15) is 13.2 Å². The SMILES string of the molecule is CN1CCCCC1CNCc1ccc(OC(F)(F)F)cc1. The first-order valence-corrected chi connectivity index (χ1v) is 7.20. The number of likely N-dealkylation sites (tertiary alicyclic amines) is 1. The van der Waals surface area contributed by atoms with E-state index in [0.29, 0.717) is 12.6 Å². The first-order valence-electron chi connectivity index (χ1n) is 7.20. The molecule has 1 heterocycles. The van der Waals surface area contributed by atoms with Gasteiger partial charge in [-0.15, -0.1) is 13.2 Å². The second-order valence-electron chi connectivity index (χ2n) is 5.45. The van der Waals surface area contributed by atoms with Gasteiger partial charge in [-0.3, -0.25) is 0 Å². The highest BCUT2D eigenvalue weighted by Gasteiger charge is 2.30. The fourth-order valence-electron chi connectivity index (χ4n) is 2.59. The molecule has 118 valence electrons. The van der Waals surface area contributed by atoms with Crippen molar-refractivity contribution in [1.29, 1.82) is 0 Å². The molecule has 1 aliphatic heterocycles. The summed E-state index contributed by atoms with van der Waals surface area (Å²) in [6.45, 7) is 2.68. The van der Waals surface area contributed by atoms with Gasteiger partial charge >= 0.3 is 6.36 Å². The van der Waals surface area contributed by atoms with Crippen LogP contribution in [0.2, 0.25) is 0 Å². The summed E-state index contributed by atoms with van der Waals surface area (Å²) in [6, 6.07) is 6.54. The number of halogens is 3. The van der Waals surface area contributed by atoms with Crippen molar-refractivity contribution in [2.75, 3.05) is 20.1 Å². The van der Waals surface area contributed by atoms with Gasteiger partial charge in [0.25, 0.3) is 0 Å². The highest BCUT2D eigenvalue weighted by molar-refractivity contribution is 5.27. The van der Waals surface area contributed by atoms with Crippen molar-refractivity contribution in [2.45, 2.75) is 38.2 Å². The van der Waals surface area contributed by atoms with Crippen LogP contribution < -0.4 is 10.1 Å². The second-order valence-corrected chi connectivity index (χ2v) is 5.45. The van der Waals surface area contributed by atoms with Crippen molar-refractivity contribution in [3.63, 3.8) is 0 Å². The normalized spacial score (nSPS) is 20.5. The lowest BCUT2D eigenvalue weighted by molar-refractivity contribution is -0.274. The number of alkyl halides is 3. The van der Waals surface area contributed by atoms with Gasteiger partial charge in [-0.1, -0.05) is 18.6 Å². The average Bonchev–Trinajstić information content (AvgIpc) is 2.41. The maximum absolute atomic E-state index is 12.0. The monoisotopic (exact) mass is 302 g/mol. The van der Waals surface area contributed by atoms with Gasteiger partial charge in [-0.05, 0) is 44.1 Å². The maximum Gasteiger partial charge on any atom is 0.573 e. The van der Waals surface area contributed by atoms with E-state index in [1.54, 1.807) is 12.1 Å². The molecule has 3 nitrogen and oxygen atoms in total. The number of piperidine rings is 1. The van der Waals surface area contributed by atoms with Crippen LogP contribution in [0.15, 0.2) is 24.3 Å². The lowest BCUT2D eigenvalue weighted by atomic mass is 10.0. The van der Waals surface area contributed by atoms with Crippen LogP contribution in [0.1, 0.15) is 24.8 Å². The third kappa shape index (κ3) is 5.55. The van der Waals surface area contributed by atoms with Crippen LogP contribution in [-0.4, -0.2) is 37.4 Å². The Labute approximate surface area is 123 Å². The third-order valence-corrected chi connectivity index (χ3v) is 3.79. The van der Waals surface area contributed by atoms with Crippen LogP contribution >= 0.6 is 0 Å². The molecule has 0 radical (unpaired) electrons. The fourth-order valence-corrected chi connectivity index (χ4v) is 2.59. The van der Waals surface area contributed by atoms with Gasteiger partial charge in [-0.25, -0.2) is 0 Å². The van der Waals surface area contributed by atoms with Gasteiger partial charge in [0.2, 0.25) is 0 Å². The van der Waals surface area contributed by atoms with Gasteiger partial charge in [0, 0.05) is 19.1 Å². The van der Waals surface area contributed by atoms with Crippen LogP contribution in [-0.2, 0) is 6.54 Å². The topological polar surface area (TPSA) is 24.5 Å². The molecule has 1 unspecified atom stereocenters. The number of benzene rings is 1. The number of nitrogens with zero attached hydrogens (tertiary/aromatic N) is 1. The van der Waals surface area contributed by atoms with E-state index in [1.807, 2.05) is 0 Å². The van der Waals surface area contributed by atoms with Crippen LogP contribution in [0.3, 0.4) is 0 Å². The molecule has 0 spiro atoms. The molecule has 0 bridgehead atoms. The van der Waals surface area contributed by atoms with Crippen LogP contribution in [0.4, 0.5) is 13.2 Å². The molecule has 0 aliphatic carbocycles. The minimum Gasteiger partial charge on any atom is -0.406 e. The van der Waals surface area contributed by atoms with Crippen molar-refractivity contribution in [3.05, 3.63) is 29.8 Å². The molecule has 2 rings (SSSR count). The zero-order valence-corrected chi connectivity index (χ0v) is 12.1. The third-order valence-electron chi connectivity index (χ3n) is 3.79. The quantitative estimate of drug-likeness (QED) is 0.904. The number of nitrogens with one attached hydrogen (secondary N) is 1. The zero-order chi connectivity index (χ0) is 15.3. The van der Waals surface area contributed by atoms with E-state index in [0.717, 1.165) is 18.7 Å². The van der Waals surface area contributed by atoms with E-state index in [4.69, 9.17) is 0 Å². The summed E-state index contributed by atoms with van der Waals surface area (Å²) >= 11 is 0. The summed E-state index contributed by atoms with van der Waals surface area (Å²) in [6.07, 6.45) is -0.916. The van der Waals surface area contributed by atoms with Crippen molar-refractivity contribution >= 4 is 0 Å². The van der Waals surface area contributed by atoms with E-state index in [-0.39, 0.29) is 5.75 Å². The van der Waals surface area contributed by atoms with Gasteiger partial charge in [0.1, 0.15) is 5.75 Å². The van der Waals surface area contributed by atoms with Gasteiger partial charge < -0.3 is 15.0 Å². The number of ether oxygens (including phenoxy) is 1. The van der Waals surface area contributed by atoms with Gasteiger partial charge in [0.15, 0.2) is 0 Å². The summed E-state index contributed by atoms with van der Waals surface area (Å²) < 4.78 is 40.0. The Bertz CT molecular complexity index is 434. The Morgan fingerprint density at radius 2 is 1.95 bits per heavy atom. The molecule has 1 aromatic rings. The highest BCUT2D eigenvalue weighted by atomic mass is 19.4. The fraction of sp³-hybridized carbons (Fsp3) is 0.600. The Morgan fingerprint density at radius 3 is 2.57 bits per heavy atom.